The van der Waals surface area contributed by atoms with E-state index in [1.54, 1.807) is 22.3 Å². The van der Waals surface area contributed by atoms with Gasteiger partial charge in [-0.05, 0) is 0 Å². The summed E-state index contributed by atoms with van der Waals surface area (Å²) >= 11 is -2.47. The molecule has 0 spiro atoms. The Morgan fingerprint density at radius 1 is 0.548 bits per heavy atom. The number of fused-ring (bicyclic) bond motifs is 2. The van der Waals surface area contributed by atoms with Gasteiger partial charge in [-0.2, -0.15) is 0 Å². The molecule has 7 rings (SSSR count). The summed E-state index contributed by atoms with van der Waals surface area (Å²) in [6.07, 6.45) is 11.6. The molecular formula is C39H40Cl2Ti. The second kappa shape index (κ2) is 13.1. The molecule has 214 valence electrons. The first-order chi connectivity index (χ1) is 19.7. The van der Waals surface area contributed by atoms with Gasteiger partial charge in [0.2, 0.25) is 0 Å². The summed E-state index contributed by atoms with van der Waals surface area (Å²) in [4.78, 5) is 0. The summed E-state index contributed by atoms with van der Waals surface area (Å²) in [6.45, 7) is 4.75. The van der Waals surface area contributed by atoms with E-state index in [1.165, 1.54) is 74.9 Å². The topological polar surface area (TPSA) is 0 Å². The van der Waals surface area contributed by atoms with Crippen molar-refractivity contribution in [3.63, 3.8) is 0 Å². The molecule has 1 heterocycles. The van der Waals surface area contributed by atoms with Crippen molar-refractivity contribution in [3.05, 3.63) is 130 Å². The van der Waals surface area contributed by atoms with E-state index in [-0.39, 0.29) is 24.8 Å². The Morgan fingerprint density at radius 2 is 0.976 bits per heavy atom. The number of hydrogen-bond donors (Lipinski definition) is 0. The third-order valence-electron chi connectivity index (χ3n) is 9.98. The Balaban J connectivity index is 0.00000176. The van der Waals surface area contributed by atoms with Gasteiger partial charge in [-0.25, -0.2) is 0 Å². The van der Waals surface area contributed by atoms with Crippen molar-refractivity contribution in [2.24, 2.45) is 0 Å². The maximum atomic E-state index is 2.65. The Morgan fingerprint density at radius 3 is 1.33 bits per heavy atom. The molecule has 3 aliphatic rings. The SMILES string of the molecule is CCCC1=Cc2c(-c3ccccc3)cccc2[CH]1[Ti+2]1([CH]2C(CCC)=Cc3c(-c4ccccc4)cccc32)[CH2]C[CH2]1.[Cl-].[Cl-]. The van der Waals surface area contributed by atoms with Gasteiger partial charge in [-0.15, -0.1) is 0 Å². The summed E-state index contributed by atoms with van der Waals surface area (Å²) < 4.78 is 4.37. The van der Waals surface area contributed by atoms with Crippen LogP contribution in [-0.2, 0) is 16.6 Å². The quantitative estimate of drug-likeness (QED) is 0.223. The number of allylic oxidation sites excluding steroid dienone is 2. The summed E-state index contributed by atoms with van der Waals surface area (Å²) in [6, 6.07) is 36.6. The zero-order valence-corrected chi connectivity index (χ0v) is 27.8. The standard InChI is InChI=1S/2C18H17.C3H6.2ClH.Ti/c2*1-2-7-14-12-16-10-6-11-17(18(16)13-14)15-8-4-3-5-9-15;1-3-2;;;/h2*3-6,8-13H,2,7H2,1H3;1-3H2;2*1H;/q;;;;;+2/p-2. The van der Waals surface area contributed by atoms with E-state index in [4.69, 9.17) is 0 Å². The molecule has 2 unspecified atom stereocenters. The van der Waals surface area contributed by atoms with Crippen LogP contribution < -0.4 is 24.8 Å². The molecule has 2 atom stereocenters. The first-order valence-electron chi connectivity index (χ1n) is 15.5. The van der Waals surface area contributed by atoms with Gasteiger partial charge < -0.3 is 24.8 Å². The van der Waals surface area contributed by atoms with Crippen LogP contribution in [0, 0.1) is 0 Å². The fraction of sp³-hybridized carbons (Fsp3) is 0.282. The Kier molecular flexibility index (Phi) is 9.71. The largest absolute Gasteiger partial charge is 1.00 e. The van der Waals surface area contributed by atoms with Crippen LogP contribution in [0.3, 0.4) is 0 Å². The number of halogens is 2. The molecule has 3 heteroatoms. The van der Waals surface area contributed by atoms with Crippen molar-refractivity contribution in [1.29, 1.82) is 0 Å². The maximum absolute atomic E-state index is 2.65. The van der Waals surface area contributed by atoms with Gasteiger partial charge in [0.1, 0.15) is 0 Å². The van der Waals surface area contributed by atoms with Crippen LogP contribution in [0.1, 0.15) is 76.7 Å². The van der Waals surface area contributed by atoms with Crippen molar-refractivity contribution >= 4 is 12.2 Å². The Labute approximate surface area is 268 Å². The van der Waals surface area contributed by atoms with Crippen LogP contribution >= 0.6 is 0 Å². The number of rotatable bonds is 8. The van der Waals surface area contributed by atoms with Gasteiger partial charge in [-0.1, -0.05) is 0 Å². The van der Waals surface area contributed by atoms with E-state index >= 15 is 0 Å². The van der Waals surface area contributed by atoms with Gasteiger partial charge in [0.15, 0.2) is 0 Å². The van der Waals surface area contributed by atoms with Crippen LogP contribution in [0.5, 0.6) is 0 Å². The van der Waals surface area contributed by atoms with Gasteiger partial charge in [-0.3, -0.25) is 0 Å². The van der Waals surface area contributed by atoms with Crippen LogP contribution in [0.2, 0.25) is 9.45 Å². The van der Waals surface area contributed by atoms with Crippen molar-refractivity contribution in [2.75, 3.05) is 0 Å². The molecule has 42 heavy (non-hydrogen) atoms. The molecule has 0 radical (unpaired) electrons. The maximum Gasteiger partial charge on any atom is -1.00 e. The molecule has 1 saturated heterocycles. The molecule has 0 bridgehead atoms. The van der Waals surface area contributed by atoms with Gasteiger partial charge in [0.05, 0.1) is 0 Å². The van der Waals surface area contributed by atoms with Crippen molar-refractivity contribution in [3.8, 4) is 22.3 Å². The van der Waals surface area contributed by atoms with E-state index in [0.717, 1.165) is 0 Å². The predicted octanol–water partition coefficient (Wildman–Crippen LogP) is 5.60. The normalized spacial score (nSPS) is 18.6. The number of benzene rings is 4. The summed E-state index contributed by atoms with van der Waals surface area (Å²) in [5.74, 6) is 0. The molecule has 0 saturated carbocycles. The minimum absolute atomic E-state index is 0. The van der Waals surface area contributed by atoms with Crippen LogP contribution in [0.25, 0.3) is 34.4 Å². The summed E-state index contributed by atoms with van der Waals surface area (Å²) in [7, 11) is 0. The third-order valence-corrected chi connectivity index (χ3v) is 19.7. The molecule has 4 aromatic rings. The summed E-state index contributed by atoms with van der Waals surface area (Å²) in [5, 5.41) is 0. The number of hydrogen-bond acceptors (Lipinski definition) is 0. The van der Waals surface area contributed by atoms with Crippen molar-refractivity contribution in [1.82, 2.24) is 0 Å². The van der Waals surface area contributed by atoms with E-state index in [2.05, 4.69) is 123 Å². The Bertz CT molecular complexity index is 1480. The summed E-state index contributed by atoms with van der Waals surface area (Å²) in [5.41, 5.74) is 15.4. The van der Waals surface area contributed by atoms with E-state index in [1.807, 2.05) is 0 Å². The molecule has 0 aromatic heterocycles. The average molecular weight is 628 g/mol. The minimum Gasteiger partial charge on any atom is -1.00 e. The van der Waals surface area contributed by atoms with Crippen LogP contribution in [0.15, 0.2) is 108 Å². The average Bonchev–Trinajstić information content (AvgIpc) is 3.53. The first-order valence-corrected chi connectivity index (χ1v) is 19.5. The molecule has 2 aliphatic carbocycles. The second-order valence-corrected chi connectivity index (χ2v) is 19.5. The Hall–Kier alpha value is -2.35. The van der Waals surface area contributed by atoms with Crippen molar-refractivity contribution < 1.29 is 41.4 Å². The smallest absolute Gasteiger partial charge is 1.00 e. The zero-order chi connectivity index (χ0) is 27.1. The fourth-order valence-corrected chi connectivity index (χ4v) is 18.3. The minimum atomic E-state index is -2.47. The molecule has 0 nitrogen and oxygen atoms in total. The van der Waals surface area contributed by atoms with E-state index in [9.17, 15) is 0 Å². The second-order valence-electron chi connectivity index (χ2n) is 12.2. The molecular weight excluding hydrogens is 587 g/mol. The predicted molar refractivity (Wildman–Crippen MR) is 169 cm³/mol. The molecule has 4 aromatic carbocycles. The first kappa shape index (κ1) is 31.1. The molecule has 0 N–H and O–H groups in total. The van der Waals surface area contributed by atoms with Crippen LogP contribution in [0.4, 0.5) is 0 Å². The van der Waals surface area contributed by atoms with E-state index < -0.39 is 16.6 Å². The van der Waals surface area contributed by atoms with Gasteiger partial charge >= 0.3 is 245 Å². The van der Waals surface area contributed by atoms with E-state index in [0.29, 0.717) is 8.45 Å². The third kappa shape index (κ3) is 5.09. The van der Waals surface area contributed by atoms with Gasteiger partial charge in [0, 0.05) is 0 Å². The molecule has 0 amide bonds. The monoisotopic (exact) mass is 626 g/mol. The van der Waals surface area contributed by atoms with Crippen molar-refractivity contribution in [2.45, 2.75) is 63.8 Å². The molecule has 1 fully saturated rings. The van der Waals surface area contributed by atoms with Gasteiger partial charge in [0.25, 0.3) is 0 Å². The van der Waals surface area contributed by atoms with Crippen LogP contribution in [-0.4, -0.2) is 0 Å². The zero-order valence-electron chi connectivity index (χ0n) is 24.8. The fourth-order valence-electron chi connectivity index (χ4n) is 8.36. The molecule has 1 aliphatic heterocycles.